The van der Waals surface area contributed by atoms with Crippen LogP contribution in [0, 0.1) is 0 Å². The number of allylic oxidation sites excluding steroid dienone is 6. The molecule has 0 fully saturated rings. The molecule has 2 bridgehead atoms. The van der Waals surface area contributed by atoms with Crippen molar-refractivity contribution in [1.82, 2.24) is 0 Å². The lowest BCUT2D eigenvalue weighted by Gasteiger charge is -1.77. The topological polar surface area (TPSA) is 26.0 Å². The van der Waals surface area contributed by atoms with E-state index in [-0.39, 0.29) is 0 Å². The van der Waals surface area contributed by atoms with E-state index in [2.05, 4.69) is 30.0 Å². The second-order valence-electron chi connectivity index (χ2n) is 1.99. The molecule has 48 valence electrons. The fourth-order valence-corrected chi connectivity index (χ4v) is 1.01. The van der Waals surface area contributed by atoms with Gasteiger partial charge in [-0.05, 0) is 24.6 Å². The minimum absolute atomic E-state index is 1.19. The van der Waals surface area contributed by atoms with E-state index < -0.39 is 0 Å². The van der Waals surface area contributed by atoms with E-state index in [1.807, 2.05) is 0 Å². The van der Waals surface area contributed by atoms with Crippen molar-refractivity contribution in [2.24, 2.45) is 5.73 Å². The maximum absolute atomic E-state index is 4.50. The van der Waals surface area contributed by atoms with E-state index in [1.165, 1.54) is 24.6 Å². The van der Waals surface area contributed by atoms with Crippen LogP contribution in [0.4, 0.5) is 0 Å². The predicted octanol–water partition coefficient (Wildman–Crippen LogP) is 1.39. The van der Waals surface area contributed by atoms with Gasteiger partial charge in [0.25, 0.3) is 0 Å². The summed E-state index contributed by atoms with van der Waals surface area (Å²) in [5.74, 6) is 0. The average molecular weight is 121 g/mol. The Balaban J connectivity index is 0.000000186. The van der Waals surface area contributed by atoms with E-state index >= 15 is 0 Å². The first-order chi connectivity index (χ1) is 4.45. The molecule has 0 aromatic rings. The Labute approximate surface area is 55.6 Å². The molecule has 0 atom stereocenters. The predicted molar refractivity (Wildman–Crippen MR) is 40.0 cm³/mol. The van der Waals surface area contributed by atoms with Gasteiger partial charge in [-0.15, -0.1) is 0 Å². The lowest BCUT2D eigenvalue weighted by molar-refractivity contribution is 1.32. The van der Waals surface area contributed by atoms with E-state index in [1.54, 1.807) is 0 Å². The fraction of sp³-hybridized carbons (Fsp3) is 0.250. The molecule has 2 rings (SSSR count). The molecule has 0 aromatic heterocycles. The fourth-order valence-electron chi connectivity index (χ4n) is 1.01. The SMILES string of the molecule is C1=CC2=CC=C1C2.CN. The lowest BCUT2D eigenvalue weighted by atomic mass is 10.3. The molecule has 2 N–H and O–H groups in total. The number of hydrogen-bond acceptors (Lipinski definition) is 1. The summed E-state index contributed by atoms with van der Waals surface area (Å²) in [4.78, 5) is 0. The Morgan fingerprint density at radius 3 is 1.67 bits per heavy atom. The molecule has 0 aliphatic heterocycles. The first-order valence-electron chi connectivity index (χ1n) is 3.11. The molecule has 0 aromatic carbocycles. The van der Waals surface area contributed by atoms with Crippen molar-refractivity contribution >= 4 is 0 Å². The highest BCUT2D eigenvalue weighted by Gasteiger charge is 2.07. The largest absolute Gasteiger partial charge is 0.333 e. The maximum atomic E-state index is 4.50. The van der Waals surface area contributed by atoms with Crippen molar-refractivity contribution in [1.29, 1.82) is 0 Å². The van der Waals surface area contributed by atoms with Crippen LogP contribution < -0.4 is 5.73 Å². The van der Waals surface area contributed by atoms with Crippen molar-refractivity contribution in [2.45, 2.75) is 6.42 Å². The molecule has 0 saturated carbocycles. The Morgan fingerprint density at radius 1 is 1.11 bits per heavy atom. The second-order valence-corrected chi connectivity index (χ2v) is 1.99. The van der Waals surface area contributed by atoms with Gasteiger partial charge >= 0.3 is 0 Å². The first kappa shape index (κ1) is 6.30. The van der Waals surface area contributed by atoms with Crippen molar-refractivity contribution in [3.8, 4) is 0 Å². The van der Waals surface area contributed by atoms with Gasteiger partial charge in [0.2, 0.25) is 0 Å². The molecular formula is C8H11N. The van der Waals surface area contributed by atoms with Gasteiger partial charge in [0.15, 0.2) is 0 Å². The molecule has 0 saturated heterocycles. The number of rotatable bonds is 0. The summed E-state index contributed by atoms with van der Waals surface area (Å²) < 4.78 is 0. The van der Waals surface area contributed by atoms with Crippen LogP contribution in [0.1, 0.15) is 6.42 Å². The highest BCUT2D eigenvalue weighted by atomic mass is 14.4. The van der Waals surface area contributed by atoms with Crippen molar-refractivity contribution < 1.29 is 0 Å². The van der Waals surface area contributed by atoms with Crippen molar-refractivity contribution in [3.05, 3.63) is 35.5 Å². The summed E-state index contributed by atoms with van der Waals surface area (Å²) in [5.41, 5.74) is 7.44. The zero-order valence-electron chi connectivity index (χ0n) is 5.59. The maximum Gasteiger partial charge on any atom is -0.00258 e. The summed E-state index contributed by atoms with van der Waals surface area (Å²) in [6, 6.07) is 0. The molecule has 2 aliphatic rings. The highest BCUT2D eigenvalue weighted by molar-refractivity contribution is 5.49. The van der Waals surface area contributed by atoms with Gasteiger partial charge in [-0.25, -0.2) is 0 Å². The molecular weight excluding hydrogens is 110 g/mol. The molecule has 1 nitrogen and oxygen atoms in total. The van der Waals surface area contributed by atoms with Crippen LogP contribution in [0.15, 0.2) is 35.5 Å². The quantitative estimate of drug-likeness (QED) is 0.515. The van der Waals surface area contributed by atoms with E-state index in [4.69, 9.17) is 0 Å². The summed E-state index contributed by atoms with van der Waals surface area (Å²) in [6.45, 7) is 0. The zero-order chi connectivity index (χ0) is 6.69. The van der Waals surface area contributed by atoms with Crippen LogP contribution in [0.2, 0.25) is 0 Å². The van der Waals surface area contributed by atoms with Crippen molar-refractivity contribution in [3.63, 3.8) is 0 Å². The van der Waals surface area contributed by atoms with Crippen LogP contribution >= 0.6 is 0 Å². The van der Waals surface area contributed by atoms with Gasteiger partial charge in [-0.3, -0.25) is 0 Å². The van der Waals surface area contributed by atoms with Gasteiger partial charge in [0.1, 0.15) is 0 Å². The third-order valence-corrected chi connectivity index (χ3v) is 1.43. The van der Waals surface area contributed by atoms with E-state index in [9.17, 15) is 0 Å². The molecule has 0 heterocycles. The third-order valence-electron chi connectivity index (χ3n) is 1.43. The number of fused-ring (bicyclic) bond motifs is 2. The standard InChI is InChI=1S/C7H6.CH5N/c1-2-7-4-3-6(1)5-7;1-2/h1-4H,5H2;2H2,1H3. The average Bonchev–Trinajstić information content (AvgIpc) is 2.53. The minimum Gasteiger partial charge on any atom is -0.333 e. The molecule has 0 radical (unpaired) electrons. The Kier molecular flexibility index (Phi) is 1.85. The first-order valence-corrected chi connectivity index (χ1v) is 3.11. The van der Waals surface area contributed by atoms with Gasteiger partial charge < -0.3 is 5.73 Å². The van der Waals surface area contributed by atoms with Crippen LogP contribution in [-0.2, 0) is 0 Å². The van der Waals surface area contributed by atoms with Crippen LogP contribution in [-0.4, -0.2) is 7.05 Å². The normalized spacial score (nSPS) is 18.4. The van der Waals surface area contributed by atoms with Gasteiger partial charge in [0.05, 0.1) is 0 Å². The summed E-state index contributed by atoms with van der Waals surface area (Å²) in [5, 5.41) is 0. The van der Waals surface area contributed by atoms with Gasteiger partial charge in [-0.2, -0.15) is 0 Å². The molecule has 0 unspecified atom stereocenters. The highest BCUT2D eigenvalue weighted by Crippen LogP contribution is 2.27. The van der Waals surface area contributed by atoms with Crippen LogP contribution in [0.25, 0.3) is 0 Å². The zero-order valence-corrected chi connectivity index (χ0v) is 5.59. The smallest absolute Gasteiger partial charge is 0.00258 e. The van der Waals surface area contributed by atoms with E-state index in [0.717, 1.165) is 0 Å². The second kappa shape index (κ2) is 2.65. The summed E-state index contributed by atoms with van der Waals surface area (Å²) in [6.07, 6.45) is 9.90. The number of nitrogens with two attached hydrogens (primary N) is 1. The Hall–Kier alpha value is -0.820. The molecule has 0 spiro atoms. The molecule has 9 heavy (non-hydrogen) atoms. The van der Waals surface area contributed by atoms with Crippen molar-refractivity contribution in [2.75, 3.05) is 7.05 Å². The molecule has 1 heteroatoms. The van der Waals surface area contributed by atoms with E-state index in [0.29, 0.717) is 0 Å². The summed E-state index contributed by atoms with van der Waals surface area (Å²) in [7, 11) is 1.50. The lowest BCUT2D eigenvalue weighted by Crippen LogP contribution is -1.69. The summed E-state index contributed by atoms with van der Waals surface area (Å²) >= 11 is 0. The van der Waals surface area contributed by atoms with Crippen LogP contribution in [0.5, 0.6) is 0 Å². The van der Waals surface area contributed by atoms with Gasteiger partial charge in [-0.1, -0.05) is 24.3 Å². The monoisotopic (exact) mass is 121 g/mol. The van der Waals surface area contributed by atoms with Gasteiger partial charge in [0, 0.05) is 0 Å². The number of hydrogen-bond donors (Lipinski definition) is 1. The Morgan fingerprint density at radius 2 is 1.56 bits per heavy atom. The molecule has 2 aliphatic carbocycles. The Bertz CT molecular complexity index is 165. The van der Waals surface area contributed by atoms with Crippen LogP contribution in [0.3, 0.4) is 0 Å². The minimum atomic E-state index is 1.19. The third kappa shape index (κ3) is 1.11. The molecule has 0 amide bonds.